The molecule has 1 aliphatic rings. The molecule has 6 heteroatoms. The molecule has 0 radical (unpaired) electrons. The zero-order chi connectivity index (χ0) is 14.1. The maximum atomic E-state index is 6.17. The van der Waals surface area contributed by atoms with Gasteiger partial charge in [-0.15, -0.1) is 0 Å². The Bertz CT molecular complexity index is 628. The minimum Gasteiger partial charge on any atom is -0.492 e. The van der Waals surface area contributed by atoms with E-state index in [0.717, 1.165) is 29.2 Å². The van der Waals surface area contributed by atoms with Gasteiger partial charge in [-0.1, -0.05) is 28.4 Å². The standard InChI is InChI=1S/C14H14Cl2N2O2/c1-8-4-10(18-20-8)7-17-13-2-3-19-14-11(13)5-9(15)6-12(14)16/h4-6,13,17H,2-3,7H2,1H3. The Morgan fingerprint density at radius 1 is 1.35 bits per heavy atom. The Hall–Kier alpha value is -1.23. The van der Waals surface area contributed by atoms with E-state index in [1.807, 2.05) is 19.1 Å². The second-order valence-corrected chi connectivity index (χ2v) is 5.65. The van der Waals surface area contributed by atoms with Crippen LogP contribution in [0.5, 0.6) is 5.75 Å². The third-order valence-electron chi connectivity index (χ3n) is 3.27. The third-order valence-corrected chi connectivity index (χ3v) is 3.77. The second-order valence-electron chi connectivity index (χ2n) is 4.81. The van der Waals surface area contributed by atoms with Crippen molar-refractivity contribution in [3.05, 3.63) is 45.3 Å². The summed E-state index contributed by atoms with van der Waals surface area (Å²) in [5, 5.41) is 8.58. The molecule has 106 valence electrons. The minimum absolute atomic E-state index is 0.145. The summed E-state index contributed by atoms with van der Waals surface area (Å²) in [5.41, 5.74) is 1.87. The van der Waals surface area contributed by atoms with E-state index in [2.05, 4.69) is 10.5 Å². The predicted molar refractivity (Wildman–Crippen MR) is 77.4 cm³/mol. The molecule has 1 N–H and O–H groups in total. The van der Waals surface area contributed by atoms with Crippen LogP contribution in [0.3, 0.4) is 0 Å². The van der Waals surface area contributed by atoms with Gasteiger partial charge in [0, 0.05) is 35.7 Å². The van der Waals surface area contributed by atoms with Crippen LogP contribution >= 0.6 is 23.2 Å². The van der Waals surface area contributed by atoms with E-state index in [1.165, 1.54) is 0 Å². The van der Waals surface area contributed by atoms with Crippen LogP contribution in [0.4, 0.5) is 0 Å². The van der Waals surface area contributed by atoms with E-state index in [9.17, 15) is 0 Å². The molecule has 4 nitrogen and oxygen atoms in total. The van der Waals surface area contributed by atoms with Gasteiger partial charge < -0.3 is 14.6 Å². The summed E-state index contributed by atoms with van der Waals surface area (Å²) in [6.07, 6.45) is 0.862. The van der Waals surface area contributed by atoms with Crippen LogP contribution in [0.25, 0.3) is 0 Å². The van der Waals surface area contributed by atoms with Crippen LogP contribution in [0.2, 0.25) is 10.0 Å². The molecule has 3 rings (SSSR count). The quantitative estimate of drug-likeness (QED) is 0.933. The predicted octanol–water partition coefficient (Wildman–Crippen LogP) is 3.90. The first-order chi connectivity index (χ1) is 9.63. The summed E-state index contributed by atoms with van der Waals surface area (Å²) in [4.78, 5) is 0. The molecule has 0 spiro atoms. The highest BCUT2D eigenvalue weighted by Crippen LogP contribution is 2.39. The maximum Gasteiger partial charge on any atom is 0.142 e. The maximum absolute atomic E-state index is 6.17. The van der Waals surface area contributed by atoms with E-state index < -0.39 is 0 Å². The molecule has 20 heavy (non-hydrogen) atoms. The van der Waals surface area contributed by atoms with Crippen molar-refractivity contribution in [1.82, 2.24) is 10.5 Å². The number of aryl methyl sites for hydroxylation is 1. The van der Waals surface area contributed by atoms with Gasteiger partial charge in [0.25, 0.3) is 0 Å². The number of halogens is 2. The van der Waals surface area contributed by atoms with Gasteiger partial charge in [-0.2, -0.15) is 0 Å². The summed E-state index contributed by atoms with van der Waals surface area (Å²) >= 11 is 12.2. The lowest BCUT2D eigenvalue weighted by atomic mass is 10.0. The number of aromatic nitrogens is 1. The average molecular weight is 313 g/mol. The number of benzene rings is 1. The number of rotatable bonds is 3. The van der Waals surface area contributed by atoms with Gasteiger partial charge in [-0.25, -0.2) is 0 Å². The summed E-state index contributed by atoms with van der Waals surface area (Å²) in [5.74, 6) is 1.52. The van der Waals surface area contributed by atoms with Gasteiger partial charge in [0.1, 0.15) is 11.5 Å². The summed E-state index contributed by atoms with van der Waals surface area (Å²) in [7, 11) is 0. The Labute approximate surface area is 127 Å². The molecule has 1 aromatic carbocycles. The normalized spacial score (nSPS) is 17.6. The number of nitrogens with zero attached hydrogens (tertiary/aromatic N) is 1. The van der Waals surface area contributed by atoms with Crippen molar-refractivity contribution in [2.45, 2.75) is 25.9 Å². The van der Waals surface area contributed by atoms with E-state index in [1.54, 1.807) is 6.07 Å². The molecule has 0 amide bonds. The van der Waals surface area contributed by atoms with Crippen LogP contribution < -0.4 is 10.1 Å². The largest absolute Gasteiger partial charge is 0.492 e. The fourth-order valence-electron chi connectivity index (χ4n) is 2.37. The molecule has 0 fully saturated rings. The van der Waals surface area contributed by atoms with Crippen molar-refractivity contribution in [3.63, 3.8) is 0 Å². The minimum atomic E-state index is 0.145. The van der Waals surface area contributed by atoms with Gasteiger partial charge in [0.2, 0.25) is 0 Å². The first-order valence-corrected chi connectivity index (χ1v) is 7.16. The molecule has 1 unspecified atom stereocenters. The van der Waals surface area contributed by atoms with Crippen molar-refractivity contribution >= 4 is 23.2 Å². The number of nitrogens with one attached hydrogen (secondary N) is 1. The first-order valence-electron chi connectivity index (χ1n) is 6.41. The molecule has 2 heterocycles. The van der Waals surface area contributed by atoms with E-state index in [-0.39, 0.29) is 6.04 Å². The Morgan fingerprint density at radius 3 is 2.95 bits per heavy atom. The van der Waals surface area contributed by atoms with Gasteiger partial charge in [0.15, 0.2) is 0 Å². The lowest BCUT2D eigenvalue weighted by Crippen LogP contribution is -2.27. The molecule has 1 aliphatic heterocycles. The van der Waals surface area contributed by atoms with Crippen molar-refractivity contribution in [2.75, 3.05) is 6.61 Å². The van der Waals surface area contributed by atoms with Gasteiger partial charge in [0.05, 0.1) is 17.3 Å². The van der Waals surface area contributed by atoms with E-state index in [4.69, 9.17) is 32.5 Å². The van der Waals surface area contributed by atoms with Crippen LogP contribution in [0.15, 0.2) is 22.7 Å². The van der Waals surface area contributed by atoms with Crippen molar-refractivity contribution < 1.29 is 9.26 Å². The highest BCUT2D eigenvalue weighted by atomic mass is 35.5. The Morgan fingerprint density at radius 2 is 2.20 bits per heavy atom. The highest BCUT2D eigenvalue weighted by Gasteiger charge is 2.24. The topological polar surface area (TPSA) is 47.3 Å². The van der Waals surface area contributed by atoms with Gasteiger partial charge >= 0.3 is 0 Å². The lowest BCUT2D eigenvalue weighted by molar-refractivity contribution is 0.251. The highest BCUT2D eigenvalue weighted by molar-refractivity contribution is 6.35. The Balaban J connectivity index is 1.79. The van der Waals surface area contributed by atoms with Crippen molar-refractivity contribution in [1.29, 1.82) is 0 Å². The van der Waals surface area contributed by atoms with Crippen molar-refractivity contribution in [2.24, 2.45) is 0 Å². The van der Waals surface area contributed by atoms with Crippen molar-refractivity contribution in [3.8, 4) is 5.75 Å². The summed E-state index contributed by atoms with van der Waals surface area (Å²) in [6, 6.07) is 5.66. The monoisotopic (exact) mass is 312 g/mol. The molecule has 1 aromatic heterocycles. The van der Waals surface area contributed by atoms with Gasteiger partial charge in [-0.3, -0.25) is 0 Å². The van der Waals surface area contributed by atoms with Crippen LogP contribution in [0.1, 0.15) is 29.5 Å². The SMILES string of the molecule is Cc1cc(CNC2CCOc3c(Cl)cc(Cl)cc32)no1. The van der Waals surface area contributed by atoms with E-state index in [0.29, 0.717) is 23.2 Å². The summed E-state index contributed by atoms with van der Waals surface area (Å²) < 4.78 is 10.7. The fourth-order valence-corrected chi connectivity index (χ4v) is 2.93. The zero-order valence-corrected chi connectivity index (χ0v) is 12.5. The molecule has 0 bridgehead atoms. The lowest BCUT2D eigenvalue weighted by Gasteiger charge is -2.27. The van der Waals surface area contributed by atoms with E-state index >= 15 is 0 Å². The molecular weight excluding hydrogens is 299 g/mol. The average Bonchev–Trinajstić information content (AvgIpc) is 2.82. The van der Waals surface area contributed by atoms with Crippen LogP contribution in [0, 0.1) is 6.92 Å². The molecule has 0 saturated heterocycles. The smallest absolute Gasteiger partial charge is 0.142 e. The first kappa shape index (κ1) is 13.7. The number of ether oxygens (including phenoxy) is 1. The summed E-state index contributed by atoms with van der Waals surface area (Å²) in [6.45, 7) is 3.13. The fraction of sp³-hybridized carbons (Fsp3) is 0.357. The Kier molecular flexibility index (Phi) is 3.87. The third kappa shape index (κ3) is 2.77. The zero-order valence-electron chi connectivity index (χ0n) is 11.0. The molecule has 2 aromatic rings. The van der Waals surface area contributed by atoms with Crippen LogP contribution in [-0.4, -0.2) is 11.8 Å². The molecule has 0 aliphatic carbocycles. The van der Waals surface area contributed by atoms with Gasteiger partial charge in [-0.05, 0) is 19.1 Å². The number of hydrogen-bond donors (Lipinski definition) is 1. The number of fused-ring (bicyclic) bond motifs is 1. The number of hydrogen-bond acceptors (Lipinski definition) is 4. The molecular formula is C14H14Cl2N2O2. The molecule has 1 atom stereocenters. The van der Waals surface area contributed by atoms with Crippen LogP contribution in [-0.2, 0) is 6.54 Å². The second kappa shape index (κ2) is 5.64. The molecule has 0 saturated carbocycles.